The topological polar surface area (TPSA) is 92.2 Å². The van der Waals surface area contributed by atoms with Gasteiger partial charge in [-0.15, -0.1) is 5.11 Å². The molecular formula is C6H4N4O2S. The largest absolute Gasteiger partial charge is 0.287 e. The fourth-order valence-corrected chi connectivity index (χ4v) is 0.799. The summed E-state index contributed by atoms with van der Waals surface area (Å²) in [7, 11) is 0. The average molecular weight is 196 g/mol. The van der Waals surface area contributed by atoms with E-state index in [4.69, 9.17) is 5.53 Å². The number of hydrogen-bond donors (Lipinski definition) is 1. The molecule has 0 aliphatic rings. The van der Waals surface area contributed by atoms with Crippen molar-refractivity contribution in [2.24, 2.45) is 5.11 Å². The van der Waals surface area contributed by atoms with Gasteiger partial charge in [0.05, 0.1) is 4.92 Å². The molecule has 1 heterocycles. The summed E-state index contributed by atoms with van der Waals surface area (Å²) in [4.78, 5) is 13.3. The molecule has 0 atom stereocenters. The van der Waals surface area contributed by atoms with Crippen LogP contribution in [-0.4, -0.2) is 14.9 Å². The Morgan fingerprint density at radius 1 is 1.69 bits per heavy atom. The van der Waals surface area contributed by atoms with Gasteiger partial charge in [0.25, 0.3) is 5.69 Å². The van der Waals surface area contributed by atoms with Gasteiger partial charge in [0, 0.05) is 6.07 Å². The zero-order valence-corrected chi connectivity index (χ0v) is 7.11. The van der Waals surface area contributed by atoms with E-state index in [9.17, 15) is 10.1 Å². The van der Waals surface area contributed by atoms with Crippen LogP contribution in [0.25, 0.3) is 0 Å². The molecule has 66 valence electrons. The summed E-state index contributed by atoms with van der Waals surface area (Å²) >= 11 is 4.64. The fourth-order valence-electron chi connectivity index (χ4n) is 0.678. The van der Waals surface area contributed by atoms with Gasteiger partial charge in [0.1, 0.15) is 11.9 Å². The number of nitrogens with one attached hydrogen (secondary N) is 1. The molecule has 0 amide bonds. The van der Waals surface area contributed by atoms with Gasteiger partial charge < -0.3 is 0 Å². The lowest BCUT2D eigenvalue weighted by atomic mass is 10.3. The van der Waals surface area contributed by atoms with Crippen molar-refractivity contribution in [2.45, 2.75) is 0 Å². The summed E-state index contributed by atoms with van der Waals surface area (Å²) in [6, 6.07) is 2.62. The van der Waals surface area contributed by atoms with Crippen molar-refractivity contribution >= 4 is 22.9 Å². The second-order valence-corrected chi connectivity index (χ2v) is 2.46. The van der Waals surface area contributed by atoms with Gasteiger partial charge in [0.15, 0.2) is 4.99 Å². The van der Waals surface area contributed by atoms with Crippen LogP contribution in [0.5, 0.6) is 0 Å². The Hall–Kier alpha value is -1.76. The lowest BCUT2D eigenvalue weighted by molar-refractivity contribution is -0.385. The van der Waals surface area contributed by atoms with Gasteiger partial charge in [0.2, 0.25) is 0 Å². The predicted octanol–water partition coefficient (Wildman–Crippen LogP) is 1.70. The summed E-state index contributed by atoms with van der Waals surface area (Å²) in [5.41, 5.74) is 6.77. The molecule has 6 nitrogen and oxygen atoms in total. The highest BCUT2D eigenvalue weighted by molar-refractivity contribution is 7.80. The Labute approximate surface area is 78.3 Å². The van der Waals surface area contributed by atoms with Crippen molar-refractivity contribution in [2.75, 3.05) is 0 Å². The molecule has 0 unspecified atom stereocenters. The SMILES string of the molecule is N=NC(=S)c1ccc([N+](=O)[O-])cn1. The van der Waals surface area contributed by atoms with Crippen LogP contribution in [0.4, 0.5) is 5.69 Å². The molecule has 0 radical (unpaired) electrons. The third-order valence-electron chi connectivity index (χ3n) is 1.28. The maximum atomic E-state index is 10.2. The molecule has 0 saturated carbocycles. The van der Waals surface area contributed by atoms with Crippen molar-refractivity contribution in [1.29, 1.82) is 5.53 Å². The molecule has 7 heteroatoms. The van der Waals surface area contributed by atoms with Crippen LogP contribution in [0.3, 0.4) is 0 Å². The van der Waals surface area contributed by atoms with Gasteiger partial charge in [-0.25, -0.2) is 10.5 Å². The Morgan fingerprint density at radius 3 is 2.77 bits per heavy atom. The number of rotatable bonds is 2. The third-order valence-corrected chi connectivity index (χ3v) is 1.58. The van der Waals surface area contributed by atoms with E-state index < -0.39 is 4.92 Å². The predicted molar refractivity (Wildman–Crippen MR) is 47.7 cm³/mol. The number of hydrogen-bond acceptors (Lipinski definition) is 5. The maximum absolute atomic E-state index is 10.2. The van der Waals surface area contributed by atoms with Gasteiger partial charge in [-0.1, -0.05) is 12.2 Å². The molecule has 0 spiro atoms. The standard InChI is InChI=1S/C6H4N4O2S/c7-9-6(13)5-2-1-4(3-8-5)10(11)12/h1-3,7H. The molecule has 1 N–H and O–H groups in total. The second kappa shape index (κ2) is 3.76. The van der Waals surface area contributed by atoms with Crippen LogP contribution in [0, 0.1) is 15.6 Å². The van der Waals surface area contributed by atoms with Crippen LogP contribution in [0.15, 0.2) is 23.4 Å². The van der Waals surface area contributed by atoms with Crippen molar-refractivity contribution in [3.8, 4) is 0 Å². The summed E-state index contributed by atoms with van der Waals surface area (Å²) in [6.45, 7) is 0. The van der Waals surface area contributed by atoms with Crippen molar-refractivity contribution < 1.29 is 4.92 Å². The number of nitrogens with zero attached hydrogens (tertiary/aromatic N) is 3. The number of nitro groups is 1. The zero-order chi connectivity index (χ0) is 9.84. The molecular weight excluding hydrogens is 192 g/mol. The second-order valence-electron chi connectivity index (χ2n) is 2.08. The normalized spacial score (nSPS) is 9.23. The van der Waals surface area contributed by atoms with Gasteiger partial charge >= 0.3 is 0 Å². The zero-order valence-electron chi connectivity index (χ0n) is 6.30. The highest BCUT2D eigenvalue weighted by atomic mass is 32.1. The average Bonchev–Trinajstić information content (AvgIpc) is 2.17. The van der Waals surface area contributed by atoms with Crippen LogP contribution in [0.1, 0.15) is 5.69 Å². The molecule has 0 bridgehead atoms. The van der Waals surface area contributed by atoms with Crippen LogP contribution in [0.2, 0.25) is 0 Å². The van der Waals surface area contributed by atoms with Crippen molar-refractivity contribution in [3.05, 3.63) is 34.1 Å². The molecule has 0 aliphatic carbocycles. The van der Waals surface area contributed by atoms with E-state index in [1.807, 2.05) is 0 Å². The van der Waals surface area contributed by atoms with E-state index >= 15 is 0 Å². The number of pyridine rings is 1. The summed E-state index contributed by atoms with van der Waals surface area (Å²) < 4.78 is 0. The van der Waals surface area contributed by atoms with Crippen LogP contribution >= 0.6 is 12.2 Å². The minimum Gasteiger partial charge on any atom is -0.258 e. The quantitative estimate of drug-likeness (QED) is 0.337. The van der Waals surface area contributed by atoms with E-state index in [2.05, 4.69) is 22.3 Å². The van der Waals surface area contributed by atoms with Crippen molar-refractivity contribution in [1.82, 2.24) is 4.98 Å². The lowest BCUT2D eigenvalue weighted by Crippen LogP contribution is -1.97. The summed E-state index contributed by atoms with van der Waals surface area (Å²) in [5, 5.41) is 13.2. The maximum Gasteiger partial charge on any atom is 0.287 e. The first kappa shape index (κ1) is 9.33. The fraction of sp³-hybridized carbons (Fsp3) is 0. The Kier molecular flexibility index (Phi) is 2.70. The third kappa shape index (κ3) is 2.09. The monoisotopic (exact) mass is 196 g/mol. The van der Waals surface area contributed by atoms with E-state index in [0.29, 0.717) is 0 Å². The first-order valence-corrected chi connectivity index (χ1v) is 3.58. The molecule has 1 aromatic heterocycles. The summed E-state index contributed by atoms with van der Waals surface area (Å²) in [5.74, 6) is 0. The Bertz CT molecular complexity index is 361. The smallest absolute Gasteiger partial charge is 0.258 e. The molecule has 1 rings (SSSR count). The van der Waals surface area contributed by atoms with Gasteiger partial charge in [-0.05, 0) is 6.07 Å². The highest BCUT2D eigenvalue weighted by Crippen LogP contribution is 2.09. The molecule has 0 aromatic carbocycles. The number of aromatic nitrogens is 1. The molecule has 0 fully saturated rings. The van der Waals surface area contributed by atoms with Gasteiger partial charge in [-0.2, -0.15) is 0 Å². The molecule has 13 heavy (non-hydrogen) atoms. The Balaban J connectivity index is 3.00. The summed E-state index contributed by atoms with van der Waals surface area (Å²) in [6.07, 6.45) is 1.08. The van der Waals surface area contributed by atoms with Gasteiger partial charge in [-0.3, -0.25) is 10.1 Å². The molecule has 1 aromatic rings. The highest BCUT2D eigenvalue weighted by Gasteiger charge is 2.07. The minimum atomic E-state index is -0.558. The Morgan fingerprint density at radius 2 is 2.38 bits per heavy atom. The minimum absolute atomic E-state index is 0.00916. The van der Waals surface area contributed by atoms with Crippen LogP contribution < -0.4 is 0 Å². The first-order chi connectivity index (χ1) is 6.15. The van der Waals surface area contributed by atoms with E-state index in [0.717, 1.165) is 6.20 Å². The van der Waals surface area contributed by atoms with E-state index in [1.54, 1.807) is 0 Å². The lowest BCUT2D eigenvalue weighted by Gasteiger charge is -1.94. The number of thiocarbonyl (C=S) groups is 1. The molecule has 0 saturated heterocycles. The molecule has 0 aliphatic heterocycles. The van der Waals surface area contributed by atoms with Crippen LogP contribution in [-0.2, 0) is 0 Å². The van der Waals surface area contributed by atoms with E-state index in [-0.39, 0.29) is 16.4 Å². The van der Waals surface area contributed by atoms with Crippen molar-refractivity contribution in [3.63, 3.8) is 0 Å². The first-order valence-electron chi connectivity index (χ1n) is 3.17. The van der Waals surface area contributed by atoms with E-state index in [1.165, 1.54) is 12.1 Å².